The van der Waals surface area contributed by atoms with Gasteiger partial charge in [0, 0.05) is 12.1 Å². The summed E-state index contributed by atoms with van der Waals surface area (Å²) < 4.78 is 11.4. The molecule has 1 aliphatic carbocycles. The van der Waals surface area contributed by atoms with Crippen molar-refractivity contribution in [3.05, 3.63) is 54.0 Å². The molecule has 3 rings (SSSR count). The van der Waals surface area contributed by atoms with Gasteiger partial charge in [0.15, 0.2) is 0 Å². The molecule has 1 heterocycles. The molecule has 0 atom stereocenters. The van der Waals surface area contributed by atoms with Gasteiger partial charge in [0.1, 0.15) is 11.5 Å². The molecule has 1 saturated carbocycles. The zero-order valence-corrected chi connectivity index (χ0v) is 11.7. The lowest BCUT2D eigenvalue weighted by molar-refractivity contribution is 0.207. The molecule has 20 heavy (non-hydrogen) atoms. The van der Waals surface area contributed by atoms with Crippen LogP contribution in [-0.2, 0) is 13.1 Å². The van der Waals surface area contributed by atoms with Crippen molar-refractivity contribution in [3.63, 3.8) is 0 Å². The third kappa shape index (κ3) is 3.42. The van der Waals surface area contributed by atoms with Crippen molar-refractivity contribution < 1.29 is 9.15 Å². The Morgan fingerprint density at radius 2 is 1.90 bits per heavy atom. The van der Waals surface area contributed by atoms with Crippen molar-refractivity contribution in [1.29, 1.82) is 0 Å². The fourth-order valence-corrected chi connectivity index (χ4v) is 2.68. The van der Waals surface area contributed by atoms with Gasteiger partial charge in [0.25, 0.3) is 0 Å². The summed E-state index contributed by atoms with van der Waals surface area (Å²) in [5, 5.41) is 3.40. The highest BCUT2D eigenvalue weighted by Crippen LogP contribution is 2.26. The fourth-order valence-electron chi connectivity index (χ4n) is 2.68. The summed E-state index contributed by atoms with van der Waals surface area (Å²) in [6, 6.07) is 12.2. The Labute approximate surface area is 119 Å². The second-order valence-corrected chi connectivity index (χ2v) is 5.31. The number of nitrogens with one attached hydrogen (secondary N) is 1. The second-order valence-electron chi connectivity index (χ2n) is 5.31. The molecule has 0 bridgehead atoms. The highest BCUT2D eigenvalue weighted by Gasteiger charge is 2.17. The van der Waals surface area contributed by atoms with Crippen LogP contribution < -0.4 is 10.1 Å². The molecule has 2 aromatic rings. The molecule has 1 aromatic carbocycles. The molecular weight excluding hydrogens is 250 g/mol. The molecule has 0 radical (unpaired) electrons. The zero-order chi connectivity index (χ0) is 13.6. The molecule has 1 aliphatic rings. The first-order valence-corrected chi connectivity index (χ1v) is 7.39. The number of furan rings is 1. The van der Waals surface area contributed by atoms with Crippen LogP contribution in [0.2, 0.25) is 0 Å². The van der Waals surface area contributed by atoms with E-state index >= 15 is 0 Å². The molecule has 0 unspecified atom stereocenters. The van der Waals surface area contributed by atoms with Gasteiger partial charge >= 0.3 is 0 Å². The number of ether oxygens (including phenoxy) is 1. The van der Waals surface area contributed by atoms with Gasteiger partial charge in [0.05, 0.1) is 18.9 Å². The average Bonchev–Trinajstić information content (AvgIpc) is 3.14. The zero-order valence-electron chi connectivity index (χ0n) is 11.7. The number of para-hydroxylation sites is 1. The Hall–Kier alpha value is -1.74. The van der Waals surface area contributed by atoms with Crippen LogP contribution in [0.3, 0.4) is 0 Å². The molecule has 106 valence electrons. The van der Waals surface area contributed by atoms with E-state index in [-0.39, 0.29) is 0 Å². The predicted octanol–water partition coefficient (Wildman–Crippen LogP) is 3.89. The van der Waals surface area contributed by atoms with Crippen LogP contribution in [0.1, 0.15) is 37.0 Å². The first-order chi connectivity index (χ1) is 9.92. The van der Waals surface area contributed by atoms with Gasteiger partial charge in [-0.3, -0.25) is 0 Å². The topological polar surface area (TPSA) is 34.4 Å². The first-order valence-electron chi connectivity index (χ1n) is 7.39. The number of rotatable bonds is 6. The largest absolute Gasteiger partial charge is 0.490 e. The van der Waals surface area contributed by atoms with E-state index in [9.17, 15) is 0 Å². The van der Waals surface area contributed by atoms with Crippen LogP contribution in [0.15, 0.2) is 47.1 Å². The summed E-state index contributed by atoms with van der Waals surface area (Å²) in [7, 11) is 0. The van der Waals surface area contributed by atoms with E-state index in [2.05, 4.69) is 23.5 Å². The molecule has 0 spiro atoms. The summed E-state index contributed by atoms with van der Waals surface area (Å²) in [5.74, 6) is 1.98. The summed E-state index contributed by atoms with van der Waals surface area (Å²) in [6.45, 7) is 1.54. The van der Waals surface area contributed by atoms with Gasteiger partial charge in [-0.25, -0.2) is 0 Å². The minimum Gasteiger partial charge on any atom is -0.490 e. The Balaban J connectivity index is 1.57. The predicted molar refractivity (Wildman–Crippen MR) is 78.6 cm³/mol. The third-order valence-electron chi connectivity index (χ3n) is 3.76. The number of benzene rings is 1. The maximum Gasteiger partial charge on any atom is 0.124 e. The highest BCUT2D eigenvalue weighted by molar-refractivity contribution is 5.33. The van der Waals surface area contributed by atoms with Gasteiger partial charge in [-0.05, 0) is 43.9 Å². The van der Waals surface area contributed by atoms with Crippen molar-refractivity contribution in [2.45, 2.75) is 44.9 Å². The Morgan fingerprint density at radius 1 is 1.05 bits per heavy atom. The quantitative estimate of drug-likeness (QED) is 0.865. The molecule has 1 aromatic heterocycles. The fraction of sp³-hybridized carbons (Fsp3) is 0.412. The molecular formula is C17H21NO2. The van der Waals surface area contributed by atoms with Crippen molar-refractivity contribution in [3.8, 4) is 5.75 Å². The monoisotopic (exact) mass is 271 g/mol. The van der Waals surface area contributed by atoms with E-state index in [1.165, 1.54) is 31.2 Å². The summed E-state index contributed by atoms with van der Waals surface area (Å²) >= 11 is 0. The second kappa shape index (κ2) is 6.62. The Bertz CT molecular complexity index is 516. The van der Waals surface area contributed by atoms with Crippen molar-refractivity contribution in [2.75, 3.05) is 0 Å². The number of hydrogen-bond acceptors (Lipinski definition) is 3. The van der Waals surface area contributed by atoms with E-state index < -0.39 is 0 Å². The van der Waals surface area contributed by atoms with E-state index in [1.54, 1.807) is 6.26 Å². The number of hydrogen-bond donors (Lipinski definition) is 1. The van der Waals surface area contributed by atoms with Crippen LogP contribution in [0.4, 0.5) is 0 Å². The molecule has 3 heteroatoms. The summed E-state index contributed by atoms with van der Waals surface area (Å²) in [4.78, 5) is 0. The lowest BCUT2D eigenvalue weighted by Crippen LogP contribution is -2.16. The third-order valence-corrected chi connectivity index (χ3v) is 3.76. The van der Waals surface area contributed by atoms with Crippen molar-refractivity contribution in [1.82, 2.24) is 5.32 Å². The van der Waals surface area contributed by atoms with E-state index in [0.717, 1.165) is 24.6 Å². The van der Waals surface area contributed by atoms with E-state index in [4.69, 9.17) is 9.15 Å². The van der Waals surface area contributed by atoms with Gasteiger partial charge in [-0.2, -0.15) is 0 Å². The van der Waals surface area contributed by atoms with Gasteiger partial charge in [-0.15, -0.1) is 0 Å². The van der Waals surface area contributed by atoms with Crippen molar-refractivity contribution in [2.24, 2.45) is 0 Å². The van der Waals surface area contributed by atoms with Crippen molar-refractivity contribution >= 4 is 0 Å². The maximum atomic E-state index is 6.13. The molecule has 1 N–H and O–H groups in total. The van der Waals surface area contributed by atoms with Crippen LogP contribution >= 0.6 is 0 Å². The minimum atomic E-state index is 0.404. The smallest absolute Gasteiger partial charge is 0.124 e. The summed E-state index contributed by atoms with van der Waals surface area (Å²) in [6.07, 6.45) is 7.07. The minimum absolute atomic E-state index is 0.404. The van der Waals surface area contributed by atoms with E-state index in [1.807, 2.05) is 18.2 Å². The molecule has 0 saturated heterocycles. The van der Waals surface area contributed by atoms with E-state index in [0.29, 0.717) is 6.10 Å². The Kier molecular flexibility index (Phi) is 4.38. The lowest BCUT2D eigenvalue weighted by Gasteiger charge is -2.16. The maximum absolute atomic E-state index is 6.13. The van der Waals surface area contributed by atoms with Gasteiger partial charge < -0.3 is 14.5 Å². The average molecular weight is 271 g/mol. The highest BCUT2D eigenvalue weighted by atomic mass is 16.5. The van der Waals surface area contributed by atoms with Crippen LogP contribution in [0, 0.1) is 0 Å². The SMILES string of the molecule is c1coc(CNCc2ccccc2OC2CCCC2)c1. The summed E-state index contributed by atoms with van der Waals surface area (Å²) in [5.41, 5.74) is 1.21. The molecule has 1 fully saturated rings. The molecule has 0 amide bonds. The normalized spacial score (nSPS) is 15.6. The van der Waals surface area contributed by atoms with Gasteiger partial charge in [-0.1, -0.05) is 18.2 Å². The van der Waals surface area contributed by atoms with Crippen LogP contribution in [0.5, 0.6) is 5.75 Å². The lowest BCUT2D eigenvalue weighted by atomic mass is 10.2. The van der Waals surface area contributed by atoms with Crippen LogP contribution in [0.25, 0.3) is 0 Å². The first kappa shape index (κ1) is 13.3. The van der Waals surface area contributed by atoms with Gasteiger partial charge in [0.2, 0.25) is 0 Å². The standard InChI is InChI=1S/C17H21NO2/c1-4-10-17(20-15-7-2-3-8-15)14(6-1)12-18-13-16-9-5-11-19-16/h1,4-6,9-11,15,18H,2-3,7-8,12-13H2. The molecule has 0 aliphatic heterocycles. The Morgan fingerprint density at radius 3 is 2.70 bits per heavy atom. The molecule has 3 nitrogen and oxygen atoms in total. The van der Waals surface area contributed by atoms with Crippen LogP contribution in [-0.4, -0.2) is 6.10 Å².